The van der Waals surface area contributed by atoms with Crippen molar-refractivity contribution in [3.8, 4) is 0 Å². The Morgan fingerprint density at radius 2 is 1.88 bits per heavy atom. The molecule has 2 amide bonds. The summed E-state index contributed by atoms with van der Waals surface area (Å²) >= 11 is 5.83. The monoisotopic (exact) mass is 371 g/mol. The van der Waals surface area contributed by atoms with Crippen LogP contribution in [0.5, 0.6) is 0 Å². The number of carbonyl (C=O) groups is 2. The number of benzene rings is 1. The molecule has 1 aromatic carbocycles. The number of nitrogens with zero attached hydrogens (tertiary/aromatic N) is 1. The molecule has 3 rings (SSSR count). The molecule has 2 bridgehead atoms. The number of fused-ring (bicyclic) bond motifs is 2. The van der Waals surface area contributed by atoms with Gasteiger partial charge in [-0.25, -0.2) is 0 Å². The molecule has 2 fully saturated rings. The lowest BCUT2D eigenvalue weighted by atomic mass is 10.1. The number of hydrogen-bond acceptors (Lipinski definition) is 3. The Morgan fingerprint density at radius 3 is 2.58 bits per heavy atom. The van der Waals surface area contributed by atoms with Crippen molar-refractivity contribution in [3.63, 3.8) is 0 Å². The average Bonchev–Trinajstić information content (AvgIpc) is 2.80. The van der Waals surface area contributed by atoms with Gasteiger partial charge < -0.3 is 15.5 Å². The molecular formula is C17H23Cl2N3O2. The van der Waals surface area contributed by atoms with Crippen LogP contribution >= 0.6 is 24.0 Å². The molecule has 2 saturated heterocycles. The van der Waals surface area contributed by atoms with Crippen LogP contribution in [0.3, 0.4) is 0 Å². The lowest BCUT2D eigenvalue weighted by molar-refractivity contribution is -0.135. The molecule has 2 aliphatic heterocycles. The predicted octanol–water partition coefficient (Wildman–Crippen LogP) is 2.23. The fourth-order valence-corrected chi connectivity index (χ4v) is 3.63. The van der Waals surface area contributed by atoms with Crippen LogP contribution < -0.4 is 10.6 Å². The van der Waals surface area contributed by atoms with Gasteiger partial charge in [0.1, 0.15) is 6.04 Å². The largest absolute Gasteiger partial charge is 0.341 e. The summed E-state index contributed by atoms with van der Waals surface area (Å²) in [7, 11) is 0. The van der Waals surface area contributed by atoms with Gasteiger partial charge in [0.05, 0.1) is 0 Å². The molecule has 0 saturated carbocycles. The van der Waals surface area contributed by atoms with Gasteiger partial charge in [-0.15, -0.1) is 12.4 Å². The van der Waals surface area contributed by atoms with Crippen LogP contribution in [0.25, 0.3) is 0 Å². The lowest BCUT2D eigenvalue weighted by Gasteiger charge is -2.30. The van der Waals surface area contributed by atoms with E-state index in [0.29, 0.717) is 16.6 Å². The van der Waals surface area contributed by atoms with E-state index in [0.717, 1.165) is 32.4 Å². The molecule has 7 heteroatoms. The number of halogens is 2. The molecular weight excluding hydrogens is 349 g/mol. The van der Waals surface area contributed by atoms with Gasteiger partial charge in [-0.3, -0.25) is 9.59 Å². The molecule has 3 atom stereocenters. The highest BCUT2D eigenvalue weighted by Crippen LogP contribution is 2.28. The van der Waals surface area contributed by atoms with Crippen molar-refractivity contribution in [2.24, 2.45) is 0 Å². The first-order valence-electron chi connectivity index (χ1n) is 8.15. The maximum atomic E-state index is 12.8. The van der Waals surface area contributed by atoms with Crippen LogP contribution in [0.2, 0.25) is 5.02 Å². The third-order valence-electron chi connectivity index (χ3n) is 4.73. The van der Waals surface area contributed by atoms with E-state index < -0.39 is 6.04 Å². The van der Waals surface area contributed by atoms with E-state index in [2.05, 4.69) is 10.6 Å². The molecule has 0 aliphatic carbocycles. The van der Waals surface area contributed by atoms with Gasteiger partial charge in [0, 0.05) is 29.2 Å². The molecule has 2 N–H and O–H groups in total. The van der Waals surface area contributed by atoms with Gasteiger partial charge in [-0.2, -0.15) is 0 Å². The molecule has 132 valence electrons. The summed E-state index contributed by atoms with van der Waals surface area (Å²) in [4.78, 5) is 27.1. The molecule has 1 aromatic rings. The quantitative estimate of drug-likeness (QED) is 0.856. The van der Waals surface area contributed by atoms with Crippen LogP contribution in [0.1, 0.15) is 36.5 Å². The maximum Gasteiger partial charge on any atom is 0.251 e. The van der Waals surface area contributed by atoms with E-state index in [9.17, 15) is 9.59 Å². The number of amides is 2. The highest BCUT2D eigenvalue weighted by Gasteiger charge is 2.39. The Hall–Kier alpha value is -1.30. The molecule has 0 spiro atoms. The minimum Gasteiger partial charge on any atom is -0.341 e. The van der Waals surface area contributed by atoms with E-state index >= 15 is 0 Å². The highest BCUT2D eigenvalue weighted by molar-refractivity contribution is 6.30. The number of hydrogen-bond donors (Lipinski definition) is 2. The molecule has 2 aliphatic rings. The Balaban J connectivity index is 0.00000208. The Bertz CT molecular complexity index is 580. The minimum absolute atomic E-state index is 0. The first-order valence-corrected chi connectivity index (χ1v) is 8.53. The van der Waals surface area contributed by atoms with Crippen molar-refractivity contribution in [2.75, 3.05) is 13.1 Å². The van der Waals surface area contributed by atoms with Gasteiger partial charge in [0.25, 0.3) is 5.91 Å². The second-order valence-electron chi connectivity index (χ2n) is 6.33. The third kappa shape index (κ3) is 4.02. The molecule has 2 heterocycles. The first kappa shape index (κ1) is 19.0. The van der Waals surface area contributed by atoms with Gasteiger partial charge in [-0.05, 0) is 57.0 Å². The summed E-state index contributed by atoms with van der Waals surface area (Å²) in [5.74, 6) is -0.230. The van der Waals surface area contributed by atoms with Crippen LogP contribution in [0, 0.1) is 0 Å². The molecule has 5 nitrogen and oxygen atoms in total. The van der Waals surface area contributed by atoms with Crippen molar-refractivity contribution in [1.82, 2.24) is 15.5 Å². The smallest absolute Gasteiger partial charge is 0.251 e. The zero-order valence-corrected chi connectivity index (χ0v) is 15.2. The molecule has 3 unspecified atom stereocenters. The summed E-state index contributed by atoms with van der Waals surface area (Å²) in [6.45, 7) is 3.56. The van der Waals surface area contributed by atoms with Crippen molar-refractivity contribution >= 4 is 35.8 Å². The van der Waals surface area contributed by atoms with Crippen molar-refractivity contribution < 1.29 is 9.59 Å². The second kappa shape index (κ2) is 8.19. The van der Waals surface area contributed by atoms with E-state index in [4.69, 9.17) is 11.6 Å². The van der Waals surface area contributed by atoms with E-state index in [-0.39, 0.29) is 30.3 Å². The zero-order valence-electron chi connectivity index (χ0n) is 13.6. The van der Waals surface area contributed by atoms with Crippen molar-refractivity contribution in [3.05, 3.63) is 34.9 Å². The second-order valence-corrected chi connectivity index (χ2v) is 6.76. The standard InChI is InChI=1S/C17H22ClN3O2.ClH/c1-11(20-16(22)12-2-4-13(18)5-3-12)17(23)21-14-6-7-15(21)10-19-9-8-14;/h2-5,11,14-15,19H,6-10H2,1H3,(H,20,22);1H. The van der Waals surface area contributed by atoms with Crippen LogP contribution in [-0.2, 0) is 4.79 Å². The van der Waals surface area contributed by atoms with Crippen molar-refractivity contribution in [1.29, 1.82) is 0 Å². The number of carbonyl (C=O) groups excluding carboxylic acids is 2. The van der Waals surface area contributed by atoms with Crippen LogP contribution in [-0.4, -0.2) is 47.9 Å². The van der Waals surface area contributed by atoms with E-state index in [1.807, 2.05) is 4.90 Å². The maximum absolute atomic E-state index is 12.8. The van der Waals surface area contributed by atoms with Gasteiger partial charge >= 0.3 is 0 Å². The van der Waals surface area contributed by atoms with E-state index in [1.54, 1.807) is 31.2 Å². The van der Waals surface area contributed by atoms with Crippen LogP contribution in [0.15, 0.2) is 24.3 Å². The van der Waals surface area contributed by atoms with Gasteiger partial charge in [0.15, 0.2) is 0 Å². The van der Waals surface area contributed by atoms with Crippen LogP contribution in [0.4, 0.5) is 0 Å². The summed E-state index contributed by atoms with van der Waals surface area (Å²) in [6.07, 6.45) is 3.09. The van der Waals surface area contributed by atoms with Gasteiger partial charge in [0.2, 0.25) is 5.91 Å². The van der Waals surface area contributed by atoms with E-state index in [1.165, 1.54) is 0 Å². The topological polar surface area (TPSA) is 61.4 Å². The minimum atomic E-state index is -0.528. The SMILES string of the molecule is CC(NC(=O)c1ccc(Cl)cc1)C(=O)N1C2CCNCC1CC2.Cl. The first-order chi connectivity index (χ1) is 11.1. The fourth-order valence-electron chi connectivity index (χ4n) is 3.51. The average molecular weight is 372 g/mol. The molecule has 24 heavy (non-hydrogen) atoms. The predicted molar refractivity (Wildman–Crippen MR) is 96.8 cm³/mol. The zero-order chi connectivity index (χ0) is 16.4. The molecule has 0 aromatic heterocycles. The Morgan fingerprint density at radius 1 is 1.21 bits per heavy atom. The highest BCUT2D eigenvalue weighted by atomic mass is 35.5. The third-order valence-corrected chi connectivity index (χ3v) is 4.99. The Labute approximate surface area is 153 Å². The Kier molecular flexibility index (Phi) is 6.49. The van der Waals surface area contributed by atoms with Crippen molar-refractivity contribution in [2.45, 2.75) is 44.3 Å². The fraction of sp³-hybridized carbons (Fsp3) is 0.529. The number of rotatable bonds is 3. The summed E-state index contributed by atoms with van der Waals surface area (Å²) < 4.78 is 0. The number of nitrogens with one attached hydrogen (secondary N) is 2. The normalized spacial score (nSPS) is 23.8. The summed E-state index contributed by atoms with van der Waals surface area (Å²) in [5.41, 5.74) is 0.509. The lowest BCUT2D eigenvalue weighted by Crippen LogP contribution is -2.51. The molecule has 0 radical (unpaired) electrons. The summed E-state index contributed by atoms with van der Waals surface area (Å²) in [6, 6.07) is 6.69. The van der Waals surface area contributed by atoms with Gasteiger partial charge in [-0.1, -0.05) is 11.6 Å². The summed E-state index contributed by atoms with van der Waals surface area (Å²) in [5, 5.41) is 6.77.